The highest BCUT2D eigenvalue weighted by Crippen LogP contribution is 2.20. The van der Waals surface area contributed by atoms with Gasteiger partial charge in [-0.15, -0.1) is 0 Å². The Kier molecular flexibility index (Phi) is 4.76. The average molecular weight is 346 g/mol. The van der Waals surface area contributed by atoms with Gasteiger partial charge in [-0.05, 0) is 43.2 Å². The highest BCUT2D eigenvalue weighted by molar-refractivity contribution is 6.06. The first-order chi connectivity index (χ1) is 12.5. The lowest BCUT2D eigenvalue weighted by Crippen LogP contribution is -2.26. The number of aromatic nitrogens is 4. The maximum absolute atomic E-state index is 12.8. The van der Waals surface area contributed by atoms with E-state index in [1.807, 2.05) is 26.0 Å². The molecule has 0 spiro atoms. The highest BCUT2D eigenvalue weighted by atomic mass is 16.2. The van der Waals surface area contributed by atoms with Crippen LogP contribution in [0.3, 0.4) is 0 Å². The number of nitrogens with zero attached hydrogens (tertiary/aromatic N) is 6. The highest BCUT2D eigenvalue weighted by Gasteiger charge is 2.21. The number of amides is 1. The fourth-order valence-corrected chi connectivity index (χ4v) is 2.72. The van der Waals surface area contributed by atoms with Crippen LogP contribution in [0.25, 0.3) is 5.82 Å². The lowest BCUT2D eigenvalue weighted by molar-refractivity contribution is 0.0992. The Hall–Kier alpha value is -3.53. The number of anilines is 1. The van der Waals surface area contributed by atoms with Crippen LogP contribution >= 0.6 is 0 Å². The molecule has 0 atom stereocenters. The van der Waals surface area contributed by atoms with Crippen LogP contribution in [-0.4, -0.2) is 32.7 Å². The van der Waals surface area contributed by atoms with Crippen LogP contribution in [0.2, 0.25) is 0 Å². The molecule has 0 aliphatic carbocycles. The normalized spacial score (nSPS) is 10.4. The van der Waals surface area contributed by atoms with Gasteiger partial charge in [-0.25, -0.2) is 9.67 Å². The van der Waals surface area contributed by atoms with Crippen molar-refractivity contribution in [2.75, 3.05) is 11.9 Å². The molecular weight excluding hydrogens is 328 g/mol. The lowest BCUT2D eigenvalue weighted by atomic mass is 10.1. The Morgan fingerprint density at radius 1 is 1.31 bits per heavy atom. The molecule has 7 heteroatoms. The molecule has 0 aliphatic heterocycles. The van der Waals surface area contributed by atoms with Crippen molar-refractivity contribution >= 4 is 11.6 Å². The van der Waals surface area contributed by atoms with Gasteiger partial charge in [0.2, 0.25) is 0 Å². The summed E-state index contributed by atoms with van der Waals surface area (Å²) in [6.07, 6.45) is 6.82. The predicted octanol–water partition coefficient (Wildman–Crippen LogP) is 2.62. The number of rotatable bonds is 4. The lowest BCUT2D eigenvalue weighted by Gasteiger charge is -2.16. The molecule has 7 nitrogen and oxygen atoms in total. The van der Waals surface area contributed by atoms with Gasteiger partial charge in [0, 0.05) is 19.4 Å². The maximum Gasteiger partial charge on any atom is 0.261 e. The van der Waals surface area contributed by atoms with Gasteiger partial charge < -0.3 is 4.90 Å². The van der Waals surface area contributed by atoms with Gasteiger partial charge in [-0.2, -0.15) is 10.4 Å². The molecule has 3 heterocycles. The van der Waals surface area contributed by atoms with E-state index in [0.717, 1.165) is 11.1 Å². The van der Waals surface area contributed by atoms with Crippen molar-refractivity contribution in [1.29, 1.82) is 5.26 Å². The van der Waals surface area contributed by atoms with Crippen LogP contribution in [0.5, 0.6) is 0 Å². The Balaban J connectivity index is 1.93. The summed E-state index contributed by atoms with van der Waals surface area (Å²) in [6, 6.07) is 7.63. The molecule has 0 aromatic carbocycles. The SMILES string of the molecule is Cc1cc(CC#N)cnc1-n1ncc(C(=O)N(C)c2cccnc2)c1C. The van der Waals surface area contributed by atoms with Crippen LogP contribution in [0.4, 0.5) is 5.69 Å². The fraction of sp³-hybridized carbons (Fsp3) is 0.211. The van der Waals surface area contributed by atoms with Crippen molar-refractivity contribution in [2.45, 2.75) is 20.3 Å². The summed E-state index contributed by atoms with van der Waals surface area (Å²) in [6.45, 7) is 3.75. The Morgan fingerprint density at radius 2 is 2.12 bits per heavy atom. The van der Waals surface area contributed by atoms with Crippen LogP contribution in [-0.2, 0) is 6.42 Å². The number of carbonyl (C=O) groups excluding carboxylic acids is 1. The van der Waals surface area contributed by atoms with Crippen LogP contribution in [0.15, 0.2) is 43.0 Å². The standard InChI is InChI=1S/C19H18N6O/c1-13-9-15(6-7-20)10-22-18(13)25-14(2)17(12-23-25)19(26)24(3)16-5-4-8-21-11-16/h4-5,8-12H,6H2,1-3H3. The van der Waals surface area contributed by atoms with E-state index in [1.165, 1.54) is 4.90 Å². The first kappa shape index (κ1) is 17.3. The third-order valence-corrected chi connectivity index (χ3v) is 4.17. The Bertz CT molecular complexity index is 987. The molecule has 0 saturated carbocycles. The molecule has 0 radical (unpaired) electrons. The van der Waals surface area contributed by atoms with Crippen molar-refractivity contribution in [3.05, 3.63) is 65.4 Å². The summed E-state index contributed by atoms with van der Waals surface area (Å²) in [7, 11) is 1.70. The topological polar surface area (TPSA) is 87.7 Å². The minimum Gasteiger partial charge on any atom is -0.310 e. The van der Waals surface area contributed by atoms with Gasteiger partial charge in [0.25, 0.3) is 5.91 Å². The quantitative estimate of drug-likeness (QED) is 0.724. The third kappa shape index (κ3) is 3.17. The molecular formula is C19H18N6O. The van der Waals surface area contributed by atoms with Gasteiger partial charge in [0.1, 0.15) is 0 Å². The number of carbonyl (C=O) groups is 1. The zero-order valence-electron chi connectivity index (χ0n) is 14.8. The molecule has 0 fully saturated rings. The molecule has 0 unspecified atom stereocenters. The van der Waals surface area contributed by atoms with E-state index in [9.17, 15) is 4.79 Å². The molecule has 0 saturated heterocycles. The number of hydrogen-bond acceptors (Lipinski definition) is 5. The van der Waals surface area contributed by atoms with Gasteiger partial charge in [-0.1, -0.05) is 0 Å². The monoisotopic (exact) mass is 346 g/mol. The third-order valence-electron chi connectivity index (χ3n) is 4.17. The van der Waals surface area contributed by atoms with Crippen molar-refractivity contribution in [3.8, 4) is 11.9 Å². The number of nitriles is 1. The second-order valence-corrected chi connectivity index (χ2v) is 5.95. The molecule has 3 rings (SSSR count). The van der Waals surface area contributed by atoms with E-state index >= 15 is 0 Å². The number of hydrogen-bond donors (Lipinski definition) is 0. The van der Waals surface area contributed by atoms with Crippen LogP contribution < -0.4 is 4.90 Å². The summed E-state index contributed by atoms with van der Waals surface area (Å²) in [5.41, 5.74) is 3.66. The van der Waals surface area contributed by atoms with Crippen LogP contribution in [0.1, 0.15) is 27.2 Å². The van der Waals surface area contributed by atoms with E-state index in [-0.39, 0.29) is 5.91 Å². The van der Waals surface area contributed by atoms with E-state index < -0.39 is 0 Å². The van der Waals surface area contributed by atoms with E-state index in [0.29, 0.717) is 29.2 Å². The predicted molar refractivity (Wildman–Crippen MR) is 97.1 cm³/mol. The summed E-state index contributed by atoms with van der Waals surface area (Å²) in [4.78, 5) is 22.8. The minimum atomic E-state index is -0.166. The van der Waals surface area contributed by atoms with Crippen molar-refractivity contribution in [3.63, 3.8) is 0 Å². The van der Waals surface area contributed by atoms with Crippen molar-refractivity contribution in [2.24, 2.45) is 0 Å². The Labute approximate surface area is 151 Å². The average Bonchev–Trinajstić information content (AvgIpc) is 3.03. The number of pyridine rings is 2. The number of aryl methyl sites for hydroxylation is 1. The first-order valence-corrected chi connectivity index (χ1v) is 8.08. The Morgan fingerprint density at radius 3 is 2.77 bits per heavy atom. The van der Waals surface area contributed by atoms with Gasteiger partial charge in [-0.3, -0.25) is 9.78 Å². The van der Waals surface area contributed by atoms with E-state index in [2.05, 4.69) is 21.1 Å². The van der Waals surface area contributed by atoms with Crippen molar-refractivity contribution in [1.82, 2.24) is 19.7 Å². The molecule has 1 amide bonds. The minimum absolute atomic E-state index is 0.166. The van der Waals surface area contributed by atoms with Crippen molar-refractivity contribution < 1.29 is 4.79 Å². The molecule has 130 valence electrons. The maximum atomic E-state index is 12.8. The second-order valence-electron chi connectivity index (χ2n) is 5.95. The van der Waals surface area contributed by atoms with Gasteiger partial charge in [0.05, 0.1) is 41.8 Å². The molecule has 3 aromatic rings. The zero-order valence-corrected chi connectivity index (χ0v) is 14.8. The summed E-state index contributed by atoms with van der Waals surface area (Å²) < 4.78 is 1.65. The van der Waals surface area contributed by atoms with Crippen LogP contribution in [0, 0.1) is 25.2 Å². The molecule has 0 N–H and O–H groups in total. The molecule has 3 aromatic heterocycles. The summed E-state index contributed by atoms with van der Waals surface area (Å²) >= 11 is 0. The molecule has 0 aliphatic rings. The zero-order chi connectivity index (χ0) is 18.7. The summed E-state index contributed by atoms with van der Waals surface area (Å²) in [5.74, 6) is 0.479. The largest absolute Gasteiger partial charge is 0.310 e. The van der Waals surface area contributed by atoms with Gasteiger partial charge in [0.15, 0.2) is 5.82 Å². The smallest absolute Gasteiger partial charge is 0.261 e. The van der Waals surface area contributed by atoms with Gasteiger partial charge >= 0.3 is 0 Å². The second kappa shape index (κ2) is 7.15. The molecule has 26 heavy (non-hydrogen) atoms. The van der Waals surface area contributed by atoms with E-state index in [1.54, 1.807) is 42.6 Å². The molecule has 0 bridgehead atoms. The summed E-state index contributed by atoms with van der Waals surface area (Å²) in [5, 5.41) is 13.2. The first-order valence-electron chi connectivity index (χ1n) is 8.08. The van der Waals surface area contributed by atoms with E-state index in [4.69, 9.17) is 5.26 Å². The fourth-order valence-electron chi connectivity index (χ4n) is 2.72.